The molecule has 0 amide bonds. The van der Waals surface area contributed by atoms with Gasteiger partial charge < -0.3 is 14.7 Å². The maximum atomic E-state index is 15.2. The zero-order valence-corrected chi connectivity index (χ0v) is 21.8. The number of benzene rings is 3. The molecule has 0 bridgehead atoms. The average molecular weight is 541 g/mol. The van der Waals surface area contributed by atoms with Gasteiger partial charge in [-0.05, 0) is 72.2 Å². The highest BCUT2D eigenvalue weighted by atomic mass is 32.2. The number of nitrogens with zero attached hydrogens (tertiary/aromatic N) is 1. The number of aromatic carboxylic acids is 1. The van der Waals surface area contributed by atoms with Crippen molar-refractivity contribution in [3.63, 3.8) is 0 Å². The van der Waals surface area contributed by atoms with Crippen molar-refractivity contribution in [2.24, 2.45) is 5.92 Å². The van der Waals surface area contributed by atoms with Gasteiger partial charge in [0.2, 0.25) is 0 Å². The van der Waals surface area contributed by atoms with Gasteiger partial charge in [-0.25, -0.2) is 17.6 Å². The minimum Gasteiger partial charge on any atom is -0.478 e. The number of fused-ring (bicyclic) bond motifs is 2. The van der Waals surface area contributed by atoms with Crippen LogP contribution in [0.15, 0.2) is 73.1 Å². The van der Waals surface area contributed by atoms with Gasteiger partial charge in [0.05, 0.1) is 28.1 Å². The Morgan fingerprint density at radius 2 is 1.79 bits per heavy atom. The summed E-state index contributed by atoms with van der Waals surface area (Å²) >= 11 is 0. The SMILES string of the molecule is O=C(O)c1cccc(C#Cc2cc3ccn(CC4CCS(=O)(=O)CC4)c3cc2F)c1-c1ccc2cc[nH]c2c1. The van der Waals surface area contributed by atoms with Crippen LogP contribution < -0.4 is 0 Å². The molecule has 0 aliphatic carbocycles. The fourth-order valence-corrected chi connectivity index (χ4v) is 6.94. The fourth-order valence-electron chi connectivity index (χ4n) is 5.35. The number of aromatic nitrogens is 2. The molecule has 1 aliphatic heterocycles. The predicted octanol–water partition coefficient (Wildman–Crippen LogP) is 5.85. The summed E-state index contributed by atoms with van der Waals surface area (Å²) in [6.07, 6.45) is 4.95. The number of rotatable bonds is 4. The lowest BCUT2D eigenvalue weighted by Crippen LogP contribution is -2.25. The fraction of sp³-hybridized carbons (Fsp3) is 0.194. The molecule has 1 aliphatic rings. The van der Waals surface area contributed by atoms with Gasteiger partial charge in [0, 0.05) is 41.0 Å². The Morgan fingerprint density at radius 1 is 1.00 bits per heavy atom. The summed E-state index contributed by atoms with van der Waals surface area (Å²) in [6, 6.07) is 17.6. The van der Waals surface area contributed by atoms with E-state index in [1.807, 2.05) is 47.3 Å². The summed E-state index contributed by atoms with van der Waals surface area (Å²) in [5, 5.41) is 11.7. The van der Waals surface area contributed by atoms with Gasteiger partial charge in [0.1, 0.15) is 15.7 Å². The maximum absolute atomic E-state index is 15.2. The van der Waals surface area contributed by atoms with Gasteiger partial charge in [-0.3, -0.25) is 0 Å². The van der Waals surface area contributed by atoms with E-state index in [9.17, 15) is 18.3 Å². The van der Waals surface area contributed by atoms with Crippen LogP contribution in [0.3, 0.4) is 0 Å². The third-order valence-electron chi connectivity index (χ3n) is 7.46. The first-order chi connectivity index (χ1) is 18.8. The molecule has 8 heteroatoms. The monoisotopic (exact) mass is 540 g/mol. The molecule has 6 rings (SSSR count). The van der Waals surface area contributed by atoms with Crippen molar-refractivity contribution >= 4 is 37.6 Å². The predicted molar refractivity (Wildman–Crippen MR) is 150 cm³/mol. The van der Waals surface area contributed by atoms with E-state index in [0.717, 1.165) is 21.8 Å². The number of H-pyrrole nitrogens is 1. The van der Waals surface area contributed by atoms with Crippen LogP contribution in [0, 0.1) is 23.6 Å². The summed E-state index contributed by atoms with van der Waals surface area (Å²) in [5.74, 6) is 5.06. The number of hydrogen-bond acceptors (Lipinski definition) is 3. The van der Waals surface area contributed by atoms with Crippen LogP contribution in [0.5, 0.6) is 0 Å². The van der Waals surface area contributed by atoms with Gasteiger partial charge >= 0.3 is 5.97 Å². The van der Waals surface area contributed by atoms with Crippen LogP contribution in [0.2, 0.25) is 0 Å². The normalized spacial score (nSPS) is 15.3. The number of halogens is 1. The lowest BCUT2D eigenvalue weighted by molar-refractivity contribution is 0.0697. The first kappa shape index (κ1) is 25.0. The van der Waals surface area contributed by atoms with E-state index in [-0.39, 0.29) is 28.6 Å². The molecule has 0 saturated carbocycles. The van der Waals surface area contributed by atoms with Gasteiger partial charge in [-0.2, -0.15) is 0 Å². The molecule has 6 nitrogen and oxygen atoms in total. The van der Waals surface area contributed by atoms with Crippen LogP contribution in [0.4, 0.5) is 4.39 Å². The molecule has 3 heterocycles. The molecular weight excluding hydrogens is 515 g/mol. The molecule has 196 valence electrons. The number of carboxylic acid groups (broad SMARTS) is 1. The second-order valence-electron chi connectivity index (χ2n) is 10.0. The van der Waals surface area contributed by atoms with E-state index >= 15 is 4.39 Å². The Labute approximate surface area is 225 Å². The lowest BCUT2D eigenvalue weighted by Gasteiger charge is -2.22. The van der Waals surface area contributed by atoms with Crippen LogP contribution in [-0.2, 0) is 16.4 Å². The number of aromatic amines is 1. The van der Waals surface area contributed by atoms with E-state index in [1.165, 1.54) is 6.07 Å². The summed E-state index contributed by atoms with van der Waals surface area (Å²) in [7, 11) is -2.93. The van der Waals surface area contributed by atoms with Gasteiger partial charge in [0.15, 0.2) is 0 Å². The zero-order valence-electron chi connectivity index (χ0n) is 20.9. The Balaban J connectivity index is 1.35. The van der Waals surface area contributed by atoms with Crippen molar-refractivity contribution < 1.29 is 22.7 Å². The third-order valence-corrected chi connectivity index (χ3v) is 9.17. The van der Waals surface area contributed by atoms with Gasteiger partial charge in [-0.15, -0.1) is 0 Å². The molecule has 2 N–H and O–H groups in total. The number of hydrogen-bond donors (Lipinski definition) is 2. The molecule has 3 aromatic carbocycles. The lowest BCUT2D eigenvalue weighted by atomic mass is 9.93. The van der Waals surface area contributed by atoms with Crippen LogP contribution >= 0.6 is 0 Å². The van der Waals surface area contributed by atoms with Crippen molar-refractivity contribution in [2.45, 2.75) is 19.4 Å². The molecular formula is C31H25FN2O4S. The Morgan fingerprint density at radius 3 is 2.59 bits per heavy atom. The van der Waals surface area contributed by atoms with Gasteiger partial charge in [-0.1, -0.05) is 30.0 Å². The summed E-state index contributed by atoms with van der Waals surface area (Å²) < 4.78 is 40.7. The van der Waals surface area contributed by atoms with Crippen LogP contribution in [-0.4, -0.2) is 40.6 Å². The van der Waals surface area contributed by atoms with Crippen molar-refractivity contribution in [2.75, 3.05) is 11.5 Å². The van der Waals surface area contributed by atoms with Crippen molar-refractivity contribution in [1.82, 2.24) is 9.55 Å². The molecule has 1 saturated heterocycles. The number of carbonyl (C=O) groups is 1. The summed E-state index contributed by atoms with van der Waals surface area (Å²) in [6.45, 7) is 0.639. The van der Waals surface area contributed by atoms with E-state index in [2.05, 4.69) is 16.8 Å². The van der Waals surface area contributed by atoms with Gasteiger partial charge in [0.25, 0.3) is 0 Å². The molecule has 0 atom stereocenters. The molecule has 39 heavy (non-hydrogen) atoms. The smallest absolute Gasteiger partial charge is 0.336 e. The van der Waals surface area contributed by atoms with Crippen LogP contribution in [0.1, 0.15) is 34.3 Å². The molecule has 0 spiro atoms. The highest BCUT2D eigenvalue weighted by molar-refractivity contribution is 7.91. The minimum atomic E-state index is -2.93. The van der Waals surface area contributed by atoms with E-state index in [1.54, 1.807) is 24.3 Å². The van der Waals surface area contributed by atoms with Crippen LogP contribution in [0.25, 0.3) is 32.9 Å². The number of sulfone groups is 1. The first-order valence-electron chi connectivity index (χ1n) is 12.7. The maximum Gasteiger partial charge on any atom is 0.336 e. The second kappa shape index (κ2) is 9.75. The highest BCUT2D eigenvalue weighted by Gasteiger charge is 2.24. The number of nitrogens with one attached hydrogen (secondary N) is 1. The average Bonchev–Trinajstić information content (AvgIpc) is 3.54. The summed E-state index contributed by atoms with van der Waals surface area (Å²) in [5.41, 5.74) is 3.63. The summed E-state index contributed by atoms with van der Waals surface area (Å²) in [4.78, 5) is 15.2. The Bertz CT molecular complexity index is 1910. The molecule has 0 unspecified atom stereocenters. The Hall–Kier alpha value is -4.35. The quantitative estimate of drug-likeness (QED) is 0.280. The Kier molecular flexibility index (Phi) is 6.24. The standard InChI is InChI=1S/C31H25FN2O4S/c32-27-18-29-24(9-13-34(29)19-20-10-14-39(37,38)15-11-20)16-23(27)6-5-22-2-1-3-26(31(35)36)30(22)25-7-4-21-8-12-33-28(21)17-25/h1-4,7-9,12-13,16-18,20,33H,10-11,14-15,19H2,(H,35,36). The van der Waals surface area contributed by atoms with Crippen molar-refractivity contribution in [3.05, 3.63) is 95.6 Å². The van der Waals surface area contributed by atoms with E-state index in [0.29, 0.717) is 36.1 Å². The van der Waals surface area contributed by atoms with Crippen molar-refractivity contribution in [1.29, 1.82) is 0 Å². The largest absolute Gasteiger partial charge is 0.478 e. The molecule has 0 radical (unpaired) electrons. The topological polar surface area (TPSA) is 92.2 Å². The zero-order chi connectivity index (χ0) is 27.1. The second-order valence-corrected chi connectivity index (χ2v) is 12.3. The van der Waals surface area contributed by atoms with Crippen molar-refractivity contribution in [3.8, 4) is 23.0 Å². The minimum absolute atomic E-state index is 0.121. The molecule has 1 fully saturated rings. The third kappa shape index (κ3) is 4.93. The first-order valence-corrected chi connectivity index (χ1v) is 14.5. The molecule has 2 aromatic heterocycles. The molecule has 5 aromatic rings. The van der Waals surface area contributed by atoms with E-state index < -0.39 is 21.6 Å². The highest BCUT2D eigenvalue weighted by Crippen LogP contribution is 2.31. The van der Waals surface area contributed by atoms with E-state index in [4.69, 9.17) is 0 Å². The number of carboxylic acids is 1.